The summed E-state index contributed by atoms with van der Waals surface area (Å²) in [5, 5.41) is 3.27. The summed E-state index contributed by atoms with van der Waals surface area (Å²) < 4.78 is 6.70. The lowest BCUT2D eigenvalue weighted by molar-refractivity contribution is 0.101. The highest BCUT2D eigenvalue weighted by Gasteiger charge is 2.21. The minimum atomic E-state index is -0.188. The van der Waals surface area contributed by atoms with Crippen molar-refractivity contribution in [2.24, 2.45) is 0 Å². The Morgan fingerprint density at radius 1 is 0.967 bits per heavy atom. The Morgan fingerprint density at radius 3 is 2.77 bits per heavy atom. The molecule has 0 bridgehead atoms. The van der Waals surface area contributed by atoms with Crippen LogP contribution in [0.4, 0.5) is 0 Å². The first-order valence-electron chi connectivity index (χ1n) is 9.56. The van der Waals surface area contributed by atoms with Gasteiger partial charge in [0.2, 0.25) is 0 Å². The molecule has 0 unspecified atom stereocenters. The number of hydrogen-bond acceptors (Lipinski definition) is 4. The van der Waals surface area contributed by atoms with E-state index in [4.69, 9.17) is 4.42 Å². The van der Waals surface area contributed by atoms with Crippen molar-refractivity contribution >= 4 is 44.0 Å². The topological polar surface area (TPSA) is 43.1 Å². The minimum absolute atomic E-state index is 0.188. The number of ketones is 1. The number of carbonyl (C=O) groups is 1. The van der Waals surface area contributed by atoms with Crippen LogP contribution in [0.2, 0.25) is 0 Å². The first kappa shape index (κ1) is 17.8. The third-order valence-electron chi connectivity index (χ3n) is 5.49. The minimum Gasteiger partial charge on any atom is -0.452 e. The van der Waals surface area contributed by atoms with Crippen molar-refractivity contribution in [3.8, 4) is 22.4 Å². The van der Waals surface area contributed by atoms with Crippen molar-refractivity contribution in [3.63, 3.8) is 0 Å². The Labute approximate surface area is 185 Å². The molecule has 3 nitrogen and oxygen atoms in total. The van der Waals surface area contributed by atoms with Crippen LogP contribution in [0.5, 0.6) is 0 Å². The Bertz CT molecular complexity index is 1460. The predicted molar refractivity (Wildman–Crippen MR) is 123 cm³/mol. The number of furan rings is 1. The van der Waals surface area contributed by atoms with Crippen LogP contribution >= 0.6 is 27.3 Å². The molecule has 0 saturated carbocycles. The van der Waals surface area contributed by atoms with Gasteiger partial charge in [-0.15, -0.1) is 11.3 Å². The standard InChI is InChI=1S/C25H14BrNO2S/c26-18-6-8-22-17(11-18)12-23(29-22)24(28)25-27-21(13-30-25)15-5-7-20-16(10-15)9-14-3-1-2-4-19(14)20/h1-8,10-13H,9H2. The highest BCUT2D eigenvalue weighted by Crippen LogP contribution is 2.38. The quantitative estimate of drug-likeness (QED) is 0.258. The molecule has 2 heterocycles. The SMILES string of the molecule is O=C(c1cc2cc(Br)ccc2o1)c1nc(-c2ccc3c(c2)Cc2ccccc2-3)cs1. The molecule has 0 saturated heterocycles. The molecular formula is C25H14BrNO2S. The molecule has 0 N–H and O–H groups in total. The highest BCUT2D eigenvalue weighted by atomic mass is 79.9. The number of aromatic nitrogens is 1. The molecule has 0 atom stereocenters. The summed E-state index contributed by atoms with van der Waals surface area (Å²) in [6, 6.07) is 22.4. The van der Waals surface area contributed by atoms with Gasteiger partial charge in [0.25, 0.3) is 5.78 Å². The second-order valence-electron chi connectivity index (χ2n) is 7.37. The molecule has 6 rings (SSSR count). The van der Waals surface area contributed by atoms with E-state index in [1.54, 1.807) is 6.07 Å². The third kappa shape index (κ3) is 2.85. The fourth-order valence-electron chi connectivity index (χ4n) is 4.05. The average Bonchev–Trinajstić information content (AvgIpc) is 3.48. The number of benzene rings is 3. The van der Waals surface area contributed by atoms with Crippen molar-refractivity contribution in [1.82, 2.24) is 4.98 Å². The fraction of sp³-hybridized carbons (Fsp3) is 0.0400. The van der Waals surface area contributed by atoms with Crippen LogP contribution in [-0.4, -0.2) is 10.8 Å². The van der Waals surface area contributed by atoms with Gasteiger partial charge in [0, 0.05) is 20.8 Å². The molecule has 0 fully saturated rings. The van der Waals surface area contributed by atoms with Crippen LogP contribution in [0.15, 0.2) is 81.0 Å². The van der Waals surface area contributed by atoms with Gasteiger partial charge in [-0.05, 0) is 59.0 Å². The van der Waals surface area contributed by atoms with E-state index in [0.717, 1.165) is 27.5 Å². The van der Waals surface area contributed by atoms with Crippen LogP contribution in [0.1, 0.15) is 26.7 Å². The lowest BCUT2D eigenvalue weighted by atomic mass is 10.0. The van der Waals surface area contributed by atoms with E-state index in [1.807, 2.05) is 23.6 Å². The summed E-state index contributed by atoms with van der Waals surface area (Å²) in [7, 11) is 0. The zero-order valence-electron chi connectivity index (χ0n) is 15.7. The number of nitrogens with zero attached hydrogens (tertiary/aromatic N) is 1. The highest BCUT2D eigenvalue weighted by molar-refractivity contribution is 9.10. The van der Waals surface area contributed by atoms with Gasteiger partial charge in [0.15, 0.2) is 10.8 Å². The number of hydrogen-bond donors (Lipinski definition) is 0. The number of thiazole rings is 1. The number of fused-ring (bicyclic) bond motifs is 4. The monoisotopic (exact) mass is 471 g/mol. The zero-order chi connectivity index (χ0) is 20.2. The summed E-state index contributed by atoms with van der Waals surface area (Å²) in [4.78, 5) is 17.5. The number of halogens is 1. The lowest BCUT2D eigenvalue weighted by Gasteiger charge is -2.03. The summed E-state index contributed by atoms with van der Waals surface area (Å²) >= 11 is 4.80. The van der Waals surface area contributed by atoms with Crippen LogP contribution in [0.3, 0.4) is 0 Å². The van der Waals surface area contributed by atoms with Crippen molar-refractivity contribution < 1.29 is 9.21 Å². The Balaban J connectivity index is 1.32. The largest absolute Gasteiger partial charge is 0.452 e. The van der Waals surface area contributed by atoms with Crippen LogP contribution in [-0.2, 0) is 6.42 Å². The van der Waals surface area contributed by atoms with Gasteiger partial charge in [-0.2, -0.15) is 0 Å². The molecule has 0 spiro atoms. The van der Waals surface area contributed by atoms with E-state index in [2.05, 4.69) is 63.4 Å². The Morgan fingerprint density at radius 2 is 1.83 bits per heavy atom. The summed E-state index contributed by atoms with van der Waals surface area (Å²) in [5.74, 6) is 0.126. The third-order valence-corrected chi connectivity index (χ3v) is 6.82. The lowest BCUT2D eigenvalue weighted by Crippen LogP contribution is -1.98. The molecule has 3 aromatic carbocycles. The molecule has 5 aromatic rings. The van der Waals surface area contributed by atoms with Crippen LogP contribution in [0.25, 0.3) is 33.4 Å². The van der Waals surface area contributed by atoms with Gasteiger partial charge in [0.05, 0.1) is 5.69 Å². The molecule has 5 heteroatoms. The molecule has 0 aliphatic heterocycles. The van der Waals surface area contributed by atoms with Crippen LogP contribution < -0.4 is 0 Å². The normalized spacial score (nSPS) is 12.2. The number of rotatable bonds is 3. The van der Waals surface area contributed by atoms with Crippen molar-refractivity contribution in [3.05, 3.63) is 98.5 Å². The molecule has 1 aliphatic carbocycles. The number of carbonyl (C=O) groups excluding carboxylic acids is 1. The summed E-state index contributed by atoms with van der Waals surface area (Å²) in [6.07, 6.45) is 0.934. The van der Waals surface area contributed by atoms with E-state index in [1.165, 1.54) is 33.6 Å². The second kappa shape index (κ2) is 6.76. The first-order valence-corrected chi connectivity index (χ1v) is 11.2. The van der Waals surface area contributed by atoms with Crippen LogP contribution in [0, 0.1) is 0 Å². The average molecular weight is 472 g/mol. The van der Waals surface area contributed by atoms with E-state index < -0.39 is 0 Å². The molecule has 2 aromatic heterocycles. The van der Waals surface area contributed by atoms with E-state index in [0.29, 0.717) is 16.4 Å². The molecule has 144 valence electrons. The van der Waals surface area contributed by atoms with Gasteiger partial charge in [-0.25, -0.2) is 4.98 Å². The van der Waals surface area contributed by atoms with Crippen molar-refractivity contribution in [2.45, 2.75) is 6.42 Å². The van der Waals surface area contributed by atoms with Crippen molar-refractivity contribution in [2.75, 3.05) is 0 Å². The maximum atomic E-state index is 12.9. The van der Waals surface area contributed by atoms with E-state index >= 15 is 0 Å². The summed E-state index contributed by atoms with van der Waals surface area (Å²) in [5.41, 5.74) is 7.80. The van der Waals surface area contributed by atoms with Crippen molar-refractivity contribution in [1.29, 1.82) is 0 Å². The molecular weight excluding hydrogens is 458 g/mol. The molecule has 0 amide bonds. The molecule has 1 aliphatic rings. The summed E-state index contributed by atoms with van der Waals surface area (Å²) in [6.45, 7) is 0. The van der Waals surface area contributed by atoms with Gasteiger partial charge in [-0.3, -0.25) is 4.79 Å². The second-order valence-corrected chi connectivity index (χ2v) is 9.14. The molecule has 30 heavy (non-hydrogen) atoms. The van der Waals surface area contributed by atoms with E-state index in [-0.39, 0.29) is 5.78 Å². The smallest absolute Gasteiger partial charge is 0.256 e. The van der Waals surface area contributed by atoms with E-state index in [9.17, 15) is 4.79 Å². The predicted octanol–water partition coefficient (Wildman–Crippen LogP) is 7.12. The first-order chi connectivity index (χ1) is 14.7. The Kier molecular flexibility index (Phi) is 4.01. The van der Waals surface area contributed by atoms with Gasteiger partial charge in [0.1, 0.15) is 5.58 Å². The maximum absolute atomic E-state index is 12.9. The van der Waals surface area contributed by atoms with Gasteiger partial charge in [-0.1, -0.05) is 52.3 Å². The van der Waals surface area contributed by atoms with Gasteiger partial charge >= 0.3 is 0 Å². The maximum Gasteiger partial charge on any atom is 0.256 e. The van der Waals surface area contributed by atoms with Gasteiger partial charge < -0.3 is 4.42 Å². The zero-order valence-corrected chi connectivity index (χ0v) is 18.1. The molecule has 0 radical (unpaired) electrons. The fourth-order valence-corrected chi connectivity index (χ4v) is 5.20. The Hall–Kier alpha value is -3.02.